The van der Waals surface area contributed by atoms with Gasteiger partial charge in [0.05, 0.1) is 6.54 Å². The maximum Gasteiger partial charge on any atom is 0.333 e. The Morgan fingerprint density at radius 1 is 1.10 bits per heavy atom. The Morgan fingerprint density at radius 3 is 2.32 bits per heavy atom. The molecule has 0 N–H and O–H groups in total. The van der Waals surface area contributed by atoms with Crippen LogP contribution < -0.4 is 0 Å². The molecule has 3 heterocycles. The van der Waals surface area contributed by atoms with Gasteiger partial charge in [0, 0.05) is 46.2 Å². The molecule has 1 atom stereocenters. The number of likely N-dealkylation sites (N-methyl/N-ethyl adjacent to an activating group) is 2. The molecule has 4 amide bonds. The molecule has 2 saturated heterocycles. The zero-order valence-corrected chi connectivity index (χ0v) is 19.7. The van der Waals surface area contributed by atoms with Crippen molar-refractivity contribution in [3.8, 4) is 0 Å². The van der Waals surface area contributed by atoms with Gasteiger partial charge in [-0.1, -0.05) is 13.8 Å². The van der Waals surface area contributed by atoms with Crippen LogP contribution in [-0.4, -0.2) is 113 Å². The van der Waals surface area contributed by atoms with Crippen molar-refractivity contribution in [3.63, 3.8) is 0 Å². The van der Waals surface area contributed by atoms with E-state index in [4.69, 9.17) is 4.99 Å². The normalized spacial score (nSPS) is 24.6. The summed E-state index contributed by atoms with van der Waals surface area (Å²) >= 11 is 0. The van der Waals surface area contributed by atoms with Crippen LogP contribution in [0.3, 0.4) is 0 Å². The molecule has 0 radical (unpaired) electrons. The molecule has 9 nitrogen and oxygen atoms in total. The van der Waals surface area contributed by atoms with Crippen LogP contribution in [0.1, 0.15) is 33.1 Å². The predicted octanol–water partition coefficient (Wildman–Crippen LogP) is 0.724. The average molecular weight is 454 g/mol. The first kappa shape index (κ1) is 23.7. The number of carbonyl (C=O) groups is 3. The fourth-order valence-corrected chi connectivity index (χ4v) is 4.35. The van der Waals surface area contributed by atoms with Crippen LogP contribution in [-0.2, 0) is 9.59 Å². The van der Waals surface area contributed by atoms with Gasteiger partial charge in [-0.2, -0.15) is 0 Å². The number of rotatable bonds is 6. The van der Waals surface area contributed by atoms with E-state index in [0.717, 1.165) is 57.8 Å². The van der Waals surface area contributed by atoms with E-state index in [1.54, 1.807) is 7.05 Å². The van der Waals surface area contributed by atoms with Crippen molar-refractivity contribution in [1.82, 2.24) is 19.6 Å². The van der Waals surface area contributed by atoms with Gasteiger partial charge in [-0.25, -0.2) is 9.37 Å². The van der Waals surface area contributed by atoms with Gasteiger partial charge in [0.25, 0.3) is 17.8 Å². The Balaban J connectivity index is 0.00000272. The van der Waals surface area contributed by atoms with E-state index in [1.807, 2.05) is 4.90 Å². The predicted molar refractivity (Wildman–Crippen MR) is 120 cm³/mol. The molecule has 0 aromatic rings. The third kappa shape index (κ3) is 4.62. The third-order valence-electron chi connectivity index (χ3n) is 6.54. The molecule has 1 aliphatic carbocycles. The van der Waals surface area contributed by atoms with Gasteiger partial charge < -0.3 is 4.90 Å². The fourth-order valence-electron chi connectivity index (χ4n) is 4.35. The largest absolute Gasteiger partial charge is 0.340 e. The first-order valence-electron chi connectivity index (χ1n) is 11.1. The van der Waals surface area contributed by atoms with Crippen LogP contribution in [0.2, 0.25) is 0 Å². The minimum absolute atomic E-state index is 0. The minimum Gasteiger partial charge on any atom is -0.340 e. The molecular weight excluding hydrogens is 420 g/mol. The molecule has 3 aliphatic heterocycles. The first-order chi connectivity index (χ1) is 14.3. The SMILES string of the molecule is CC(C)CC[N+]1=C(CN2CCN(C(=O)C3CC3)CC2)N=C2C1C(=O)N(C)C(=O)N2C.Cl. The lowest BCUT2D eigenvalue weighted by atomic mass is 10.1. The Bertz CT molecular complexity index is 814. The maximum atomic E-state index is 12.9. The Hall–Kier alpha value is -2.00. The standard InChI is InChI=1S/C21H33N6O3.ClH/c1-14(2)7-8-27-16(22-18-17(27)20(29)24(4)21(30)23(18)3)13-25-9-11-26(12-10-25)19(28)15-5-6-15;/h14-15,17H,5-13H2,1-4H3;1H/q+1;. The molecule has 0 aromatic carbocycles. The van der Waals surface area contributed by atoms with Crippen LogP contribution in [0.4, 0.5) is 4.79 Å². The summed E-state index contributed by atoms with van der Waals surface area (Å²) in [6, 6.07) is -0.864. The number of carbonyl (C=O) groups excluding carboxylic acids is 3. The van der Waals surface area contributed by atoms with Crippen LogP contribution in [0.5, 0.6) is 0 Å². The zero-order chi connectivity index (χ0) is 21.6. The summed E-state index contributed by atoms with van der Waals surface area (Å²) in [6.45, 7) is 8.78. The van der Waals surface area contributed by atoms with E-state index >= 15 is 0 Å². The van der Waals surface area contributed by atoms with E-state index in [2.05, 4.69) is 23.3 Å². The van der Waals surface area contributed by atoms with Gasteiger partial charge in [0.15, 0.2) is 0 Å². The van der Waals surface area contributed by atoms with Gasteiger partial charge in [-0.05, 0) is 30.2 Å². The van der Waals surface area contributed by atoms with Gasteiger partial charge in [0.1, 0.15) is 6.54 Å². The number of halogens is 1. The summed E-state index contributed by atoms with van der Waals surface area (Å²) in [4.78, 5) is 49.4. The molecule has 0 aromatic heterocycles. The van der Waals surface area contributed by atoms with Gasteiger partial charge in [-0.3, -0.25) is 24.3 Å². The highest BCUT2D eigenvalue weighted by atomic mass is 35.5. The summed E-state index contributed by atoms with van der Waals surface area (Å²) in [5.74, 6) is 2.24. The molecule has 0 spiro atoms. The number of aliphatic imine (C=N–C) groups is 1. The maximum absolute atomic E-state index is 12.9. The molecule has 31 heavy (non-hydrogen) atoms. The number of fused-ring (bicyclic) bond motifs is 1. The number of urea groups is 1. The lowest BCUT2D eigenvalue weighted by Crippen LogP contribution is -2.61. The number of hydrogen-bond acceptors (Lipinski definition) is 5. The molecule has 1 unspecified atom stereocenters. The summed E-state index contributed by atoms with van der Waals surface area (Å²) in [7, 11) is 3.22. The van der Waals surface area contributed by atoms with Crippen molar-refractivity contribution in [2.24, 2.45) is 16.8 Å². The Labute approximate surface area is 190 Å². The van der Waals surface area contributed by atoms with E-state index in [9.17, 15) is 14.4 Å². The Kier molecular flexibility index (Phi) is 7.05. The van der Waals surface area contributed by atoms with Crippen molar-refractivity contribution >= 4 is 41.9 Å². The number of imide groups is 1. The van der Waals surface area contributed by atoms with Crippen molar-refractivity contribution in [2.45, 2.75) is 39.2 Å². The second-order valence-electron chi connectivity index (χ2n) is 9.28. The van der Waals surface area contributed by atoms with E-state index < -0.39 is 6.04 Å². The van der Waals surface area contributed by atoms with Gasteiger partial charge >= 0.3 is 11.9 Å². The second kappa shape index (κ2) is 9.24. The fraction of sp³-hybridized carbons (Fsp3) is 0.762. The summed E-state index contributed by atoms with van der Waals surface area (Å²) in [6.07, 6.45) is 3.02. The minimum atomic E-state index is -0.524. The molecule has 4 rings (SSSR count). The van der Waals surface area contributed by atoms with Crippen molar-refractivity contribution in [3.05, 3.63) is 0 Å². The number of amides is 4. The number of piperazine rings is 1. The van der Waals surface area contributed by atoms with Crippen molar-refractivity contribution in [2.75, 3.05) is 53.4 Å². The lowest BCUT2D eigenvalue weighted by molar-refractivity contribution is -0.537. The van der Waals surface area contributed by atoms with Crippen LogP contribution in [0, 0.1) is 11.8 Å². The molecule has 172 valence electrons. The van der Waals surface area contributed by atoms with Crippen LogP contribution in [0.25, 0.3) is 0 Å². The lowest BCUT2D eigenvalue weighted by Gasteiger charge is -2.34. The van der Waals surface area contributed by atoms with Gasteiger partial charge in [-0.15, -0.1) is 12.4 Å². The number of nitrogens with zero attached hydrogens (tertiary/aromatic N) is 6. The van der Waals surface area contributed by atoms with Crippen molar-refractivity contribution < 1.29 is 19.0 Å². The second-order valence-corrected chi connectivity index (χ2v) is 9.28. The summed E-state index contributed by atoms with van der Waals surface area (Å²) in [5.41, 5.74) is 0. The quantitative estimate of drug-likeness (QED) is 0.555. The monoisotopic (exact) mass is 453 g/mol. The first-order valence-corrected chi connectivity index (χ1v) is 11.1. The van der Waals surface area contributed by atoms with Crippen LogP contribution in [0.15, 0.2) is 4.99 Å². The molecule has 4 aliphatic rings. The number of hydrogen-bond donors (Lipinski definition) is 0. The smallest absolute Gasteiger partial charge is 0.333 e. The highest BCUT2D eigenvalue weighted by Gasteiger charge is 2.53. The summed E-state index contributed by atoms with van der Waals surface area (Å²) in [5, 5.41) is 0. The van der Waals surface area contributed by atoms with Crippen LogP contribution >= 0.6 is 12.4 Å². The third-order valence-corrected chi connectivity index (χ3v) is 6.54. The number of amidine groups is 2. The van der Waals surface area contributed by atoms with Gasteiger partial charge in [0.2, 0.25) is 5.91 Å². The van der Waals surface area contributed by atoms with Crippen molar-refractivity contribution in [1.29, 1.82) is 0 Å². The molecule has 1 saturated carbocycles. The topological polar surface area (TPSA) is 79.5 Å². The molecule has 3 fully saturated rings. The molecule has 10 heteroatoms. The highest BCUT2D eigenvalue weighted by molar-refractivity contribution is 6.23. The summed E-state index contributed by atoms with van der Waals surface area (Å²) < 4.78 is 2.08. The average Bonchev–Trinajstić information content (AvgIpc) is 3.51. The van der Waals surface area contributed by atoms with E-state index in [-0.39, 0.29) is 30.3 Å². The Morgan fingerprint density at radius 2 is 1.74 bits per heavy atom. The molecular formula is C21H34ClN6O3+. The highest BCUT2D eigenvalue weighted by Crippen LogP contribution is 2.31. The molecule has 0 bridgehead atoms. The van der Waals surface area contributed by atoms with E-state index in [0.29, 0.717) is 24.2 Å². The van der Waals surface area contributed by atoms with E-state index in [1.165, 1.54) is 16.8 Å². The zero-order valence-electron chi connectivity index (χ0n) is 18.9.